The number of nitrogens with two attached hydrogens (primary N) is 1. The van der Waals surface area contributed by atoms with Crippen LogP contribution in [-0.2, 0) is 4.74 Å². The van der Waals surface area contributed by atoms with Crippen LogP contribution in [0.3, 0.4) is 0 Å². The lowest BCUT2D eigenvalue weighted by Crippen LogP contribution is -2.07. The maximum Gasteiger partial charge on any atom is 0.340 e. The Hall–Kier alpha value is -1.78. The molecule has 0 aromatic carbocycles. The highest BCUT2D eigenvalue weighted by Crippen LogP contribution is 2.17. The molecule has 0 aliphatic heterocycles. The zero-order valence-electron chi connectivity index (χ0n) is 8.11. The largest absolute Gasteiger partial charge is 0.478 e. The van der Waals surface area contributed by atoms with E-state index >= 15 is 0 Å². The lowest BCUT2D eigenvalue weighted by molar-refractivity contribution is 0.0601. The minimum Gasteiger partial charge on any atom is -0.478 e. The number of hydrogen-bond acceptors (Lipinski definition) is 5. The van der Waals surface area contributed by atoms with Crippen LogP contribution in [0.15, 0.2) is 12.3 Å². The molecule has 5 heteroatoms. The number of carbonyl (C=O) groups excluding carboxylic acids is 1. The molecule has 1 heterocycles. The Bertz CT molecular complexity index is 339. The Morgan fingerprint density at radius 3 is 2.93 bits per heavy atom. The van der Waals surface area contributed by atoms with Crippen molar-refractivity contribution < 1.29 is 14.3 Å². The first kappa shape index (κ1) is 10.3. The van der Waals surface area contributed by atoms with E-state index in [4.69, 9.17) is 10.5 Å². The molecule has 0 aliphatic carbocycles. The van der Waals surface area contributed by atoms with Crippen LogP contribution in [0.25, 0.3) is 0 Å². The molecule has 0 saturated heterocycles. The predicted molar refractivity (Wildman–Crippen MR) is 51.2 cm³/mol. The molecule has 14 heavy (non-hydrogen) atoms. The van der Waals surface area contributed by atoms with Crippen molar-refractivity contribution in [1.29, 1.82) is 0 Å². The van der Waals surface area contributed by atoms with Crippen molar-refractivity contribution in [3.8, 4) is 5.88 Å². The van der Waals surface area contributed by atoms with Gasteiger partial charge in [-0.1, -0.05) is 0 Å². The van der Waals surface area contributed by atoms with E-state index < -0.39 is 5.97 Å². The number of anilines is 1. The van der Waals surface area contributed by atoms with Gasteiger partial charge in [-0.25, -0.2) is 9.78 Å². The lowest BCUT2D eigenvalue weighted by Gasteiger charge is -2.06. The van der Waals surface area contributed by atoms with E-state index in [1.54, 1.807) is 0 Å². The summed E-state index contributed by atoms with van der Waals surface area (Å²) in [6.07, 6.45) is 1.37. The van der Waals surface area contributed by atoms with Gasteiger partial charge >= 0.3 is 5.97 Å². The van der Waals surface area contributed by atoms with Gasteiger partial charge in [0, 0.05) is 6.07 Å². The Morgan fingerprint density at radius 1 is 1.64 bits per heavy atom. The fourth-order valence-electron chi connectivity index (χ4n) is 0.960. The first-order valence-electron chi connectivity index (χ1n) is 4.15. The minimum absolute atomic E-state index is 0.269. The molecule has 1 rings (SSSR count). The monoisotopic (exact) mass is 196 g/mol. The summed E-state index contributed by atoms with van der Waals surface area (Å²) in [5.41, 5.74) is 6.09. The van der Waals surface area contributed by atoms with Crippen LogP contribution in [0.2, 0.25) is 0 Å². The molecule has 1 aromatic rings. The van der Waals surface area contributed by atoms with Gasteiger partial charge in [-0.2, -0.15) is 0 Å². The van der Waals surface area contributed by atoms with E-state index in [0.717, 1.165) is 0 Å². The van der Waals surface area contributed by atoms with Gasteiger partial charge < -0.3 is 15.2 Å². The fraction of sp³-hybridized carbons (Fsp3) is 0.333. The molecule has 0 unspecified atom stereocenters. The number of rotatable bonds is 3. The second-order valence-electron chi connectivity index (χ2n) is 2.53. The molecule has 0 bridgehead atoms. The van der Waals surface area contributed by atoms with Gasteiger partial charge in [0.1, 0.15) is 0 Å². The van der Waals surface area contributed by atoms with Crippen LogP contribution in [0.4, 0.5) is 5.69 Å². The Kier molecular flexibility index (Phi) is 3.28. The highest BCUT2D eigenvalue weighted by molar-refractivity contribution is 5.95. The fourth-order valence-corrected chi connectivity index (χ4v) is 0.960. The first-order chi connectivity index (χ1) is 6.69. The van der Waals surface area contributed by atoms with Gasteiger partial charge in [-0.3, -0.25) is 0 Å². The summed E-state index contributed by atoms with van der Waals surface area (Å²) in [5.74, 6) is -0.132. The molecule has 76 valence electrons. The van der Waals surface area contributed by atoms with E-state index in [0.29, 0.717) is 12.5 Å². The van der Waals surface area contributed by atoms with E-state index in [2.05, 4.69) is 9.72 Å². The number of ether oxygens (including phenoxy) is 2. The number of nitrogen functional groups attached to an aromatic ring is 1. The first-order valence-corrected chi connectivity index (χ1v) is 4.15. The van der Waals surface area contributed by atoms with Crippen LogP contribution in [0.1, 0.15) is 17.3 Å². The molecule has 0 atom stereocenters. The van der Waals surface area contributed by atoms with Crippen molar-refractivity contribution in [1.82, 2.24) is 4.98 Å². The van der Waals surface area contributed by atoms with Crippen molar-refractivity contribution in [2.45, 2.75) is 6.92 Å². The van der Waals surface area contributed by atoms with Gasteiger partial charge in [0.25, 0.3) is 0 Å². The zero-order valence-corrected chi connectivity index (χ0v) is 8.11. The number of pyridine rings is 1. The second kappa shape index (κ2) is 4.45. The smallest absolute Gasteiger partial charge is 0.340 e. The van der Waals surface area contributed by atoms with E-state index in [-0.39, 0.29) is 11.3 Å². The third kappa shape index (κ3) is 2.12. The van der Waals surface area contributed by atoms with Crippen molar-refractivity contribution in [2.24, 2.45) is 0 Å². The number of hydrogen-bond donors (Lipinski definition) is 1. The molecule has 5 nitrogen and oxygen atoms in total. The summed E-state index contributed by atoms with van der Waals surface area (Å²) >= 11 is 0. The number of esters is 1. The van der Waals surface area contributed by atoms with Gasteiger partial charge in [0.15, 0.2) is 0 Å². The predicted octanol–water partition coefficient (Wildman–Crippen LogP) is 0.849. The maximum absolute atomic E-state index is 11.2. The summed E-state index contributed by atoms with van der Waals surface area (Å²) in [7, 11) is 1.29. The Morgan fingerprint density at radius 2 is 2.36 bits per heavy atom. The molecule has 0 spiro atoms. The highest BCUT2D eigenvalue weighted by Gasteiger charge is 2.11. The Labute approximate surface area is 81.8 Å². The van der Waals surface area contributed by atoms with E-state index in [1.165, 1.54) is 19.4 Å². The van der Waals surface area contributed by atoms with Gasteiger partial charge in [0.2, 0.25) is 5.88 Å². The van der Waals surface area contributed by atoms with Crippen LogP contribution in [-0.4, -0.2) is 24.7 Å². The lowest BCUT2D eigenvalue weighted by atomic mass is 10.2. The van der Waals surface area contributed by atoms with Crippen molar-refractivity contribution in [2.75, 3.05) is 19.5 Å². The molecular weight excluding hydrogens is 184 g/mol. The second-order valence-corrected chi connectivity index (χ2v) is 2.53. The average molecular weight is 196 g/mol. The van der Waals surface area contributed by atoms with Gasteiger partial charge in [-0.15, -0.1) is 0 Å². The summed E-state index contributed by atoms with van der Waals surface area (Å²) in [6, 6.07) is 1.46. The molecule has 0 amide bonds. The number of carbonyl (C=O) groups is 1. The quantitative estimate of drug-likeness (QED) is 0.725. The van der Waals surface area contributed by atoms with Crippen LogP contribution in [0.5, 0.6) is 5.88 Å². The highest BCUT2D eigenvalue weighted by atomic mass is 16.5. The summed E-state index contributed by atoms with van der Waals surface area (Å²) < 4.78 is 9.67. The normalized spacial score (nSPS) is 9.57. The third-order valence-corrected chi connectivity index (χ3v) is 1.61. The third-order valence-electron chi connectivity index (χ3n) is 1.61. The van der Waals surface area contributed by atoms with Gasteiger partial charge in [0.05, 0.1) is 31.2 Å². The zero-order chi connectivity index (χ0) is 10.6. The topological polar surface area (TPSA) is 74.4 Å². The standard InChI is InChI=1S/C9H12N2O3/c1-3-14-8-4-6(9(12)13-2)7(10)5-11-8/h4-5H,3,10H2,1-2H3. The van der Waals surface area contributed by atoms with Crippen molar-refractivity contribution in [3.05, 3.63) is 17.8 Å². The van der Waals surface area contributed by atoms with Gasteiger partial charge in [-0.05, 0) is 6.92 Å². The van der Waals surface area contributed by atoms with E-state index in [1.807, 2.05) is 6.92 Å². The number of nitrogens with zero attached hydrogens (tertiary/aromatic N) is 1. The number of methoxy groups -OCH3 is 1. The molecular formula is C9H12N2O3. The van der Waals surface area contributed by atoms with Crippen LogP contribution < -0.4 is 10.5 Å². The summed E-state index contributed by atoms with van der Waals surface area (Å²) in [5, 5.41) is 0. The Balaban J connectivity index is 3.01. The summed E-state index contributed by atoms with van der Waals surface area (Å²) in [6.45, 7) is 2.31. The molecule has 0 fully saturated rings. The van der Waals surface area contributed by atoms with Crippen LogP contribution >= 0.6 is 0 Å². The average Bonchev–Trinajstić information content (AvgIpc) is 2.20. The molecule has 1 aromatic heterocycles. The van der Waals surface area contributed by atoms with Crippen molar-refractivity contribution in [3.63, 3.8) is 0 Å². The van der Waals surface area contributed by atoms with Crippen molar-refractivity contribution >= 4 is 11.7 Å². The minimum atomic E-state index is -0.495. The molecule has 2 N–H and O–H groups in total. The molecule has 0 radical (unpaired) electrons. The maximum atomic E-state index is 11.2. The number of aromatic nitrogens is 1. The summed E-state index contributed by atoms with van der Waals surface area (Å²) in [4.78, 5) is 15.1. The molecule has 0 aliphatic rings. The van der Waals surface area contributed by atoms with Crippen LogP contribution in [0, 0.1) is 0 Å². The molecule has 0 saturated carbocycles. The SMILES string of the molecule is CCOc1cc(C(=O)OC)c(N)cn1. The van der Waals surface area contributed by atoms with E-state index in [9.17, 15) is 4.79 Å².